The van der Waals surface area contributed by atoms with Crippen molar-refractivity contribution in [3.63, 3.8) is 0 Å². The molecule has 2 aliphatic rings. The number of hydrogen-bond donors (Lipinski definition) is 3. The molecule has 3 heterocycles. The van der Waals surface area contributed by atoms with Crippen LogP contribution >= 0.6 is 11.8 Å². The van der Waals surface area contributed by atoms with E-state index >= 15 is 0 Å². The first kappa shape index (κ1) is 20.1. The number of nitrogens with one attached hydrogen (secondary N) is 3. The summed E-state index contributed by atoms with van der Waals surface area (Å²) in [6.07, 6.45) is 7.83. The largest absolute Gasteiger partial charge is 0.366 e. The van der Waals surface area contributed by atoms with Crippen molar-refractivity contribution in [3.8, 4) is 11.3 Å². The fraction of sp³-hybridized carbons (Fsp3) is 0.391. The van der Waals surface area contributed by atoms with E-state index in [-0.39, 0.29) is 11.9 Å². The maximum absolute atomic E-state index is 13.2. The van der Waals surface area contributed by atoms with Crippen LogP contribution in [0, 0.1) is 6.92 Å². The molecule has 5 rings (SSSR count). The number of benzene rings is 1. The second-order valence-electron chi connectivity index (χ2n) is 8.49. The van der Waals surface area contributed by atoms with Crippen LogP contribution in [0.5, 0.6) is 0 Å². The van der Waals surface area contributed by atoms with E-state index in [0.717, 1.165) is 46.3 Å². The molecular formula is C23H26N6OS. The number of nitrogens with zero attached hydrogens (tertiary/aromatic N) is 3. The summed E-state index contributed by atoms with van der Waals surface area (Å²) in [5, 5.41) is 14.6. The van der Waals surface area contributed by atoms with E-state index in [2.05, 4.69) is 49.9 Å². The third kappa shape index (κ3) is 3.59. The van der Waals surface area contributed by atoms with Gasteiger partial charge in [0.05, 0.1) is 23.3 Å². The second-order valence-corrected chi connectivity index (χ2v) is 10.0. The lowest BCUT2D eigenvalue weighted by molar-refractivity contribution is -0.124. The van der Waals surface area contributed by atoms with Crippen molar-refractivity contribution in [1.29, 1.82) is 0 Å². The van der Waals surface area contributed by atoms with E-state index in [0.29, 0.717) is 0 Å². The fourth-order valence-corrected chi connectivity index (χ4v) is 5.84. The Hall–Kier alpha value is -2.87. The minimum absolute atomic E-state index is 0.0267. The van der Waals surface area contributed by atoms with E-state index in [9.17, 15) is 4.79 Å². The first-order valence-corrected chi connectivity index (χ1v) is 11.5. The van der Waals surface area contributed by atoms with Crippen molar-refractivity contribution in [1.82, 2.24) is 30.8 Å². The van der Waals surface area contributed by atoms with Gasteiger partial charge in [-0.15, -0.1) is 0 Å². The van der Waals surface area contributed by atoms with Crippen molar-refractivity contribution < 1.29 is 4.79 Å². The summed E-state index contributed by atoms with van der Waals surface area (Å²) in [6, 6.07) is 6.13. The number of aromatic nitrogens is 4. The van der Waals surface area contributed by atoms with E-state index in [4.69, 9.17) is 0 Å². The second kappa shape index (κ2) is 7.67. The third-order valence-electron chi connectivity index (χ3n) is 6.17. The van der Waals surface area contributed by atoms with Crippen LogP contribution in [0.2, 0.25) is 0 Å². The summed E-state index contributed by atoms with van der Waals surface area (Å²) in [5.41, 5.74) is 6.04. The summed E-state index contributed by atoms with van der Waals surface area (Å²) in [4.78, 5) is 22.5. The highest BCUT2D eigenvalue weighted by molar-refractivity contribution is 8.05. The number of allylic oxidation sites excluding steroid dienone is 2. The van der Waals surface area contributed by atoms with E-state index < -0.39 is 4.87 Å². The van der Waals surface area contributed by atoms with E-state index in [1.54, 1.807) is 24.3 Å². The molecule has 1 aliphatic heterocycles. The van der Waals surface area contributed by atoms with Crippen LogP contribution in [0.1, 0.15) is 56.7 Å². The van der Waals surface area contributed by atoms with Gasteiger partial charge < -0.3 is 10.6 Å². The molecule has 160 valence electrons. The van der Waals surface area contributed by atoms with Crippen LogP contribution in [0.3, 0.4) is 0 Å². The van der Waals surface area contributed by atoms with Crippen molar-refractivity contribution in [2.45, 2.75) is 57.4 Å². The third-order valence-corrected chi connectivity index (χ3v) is 7.57. The zero-order valence-corrected chi connectivity index (χ0v) is 18.8. The Balaban J connectivity index is 1.34. The Morgan fingerprint density at radius 3 is 2.90 bits per heavy atom. The van der Waals surface area contributed by atoms with Gasteiger partial charge in [-0.2, -0.15) is 5.10 Å². The van der Waals surface area contributed by atoms with E-state index in [1.807, 2.05) is 19.9 Å². The molecule has 2 aromatic heterocycles. The Morgan fingerprint density at radius 2 is 2.10 bits per heavy atom. The monoisotopic (exact) mass is 434 g/mol. The highest BCUT2D eigenvalue weighted by Gasteiger charge is 2.42. The minimum atomic E-state index is -0.634. The van der Waals surface area contributed by atoms with Crippen LogP contribution in [0.4, 0.5) is 0 Å². The number of carbonyl (C=O) groups is 1. The summed E-state index contributed by atoms with van der Waals surface area (Å²) in [7, 11) is 0. The number of amides is 1. The summed E-state index contributed by atoms with van der Waals surface area (Å²) in [6.45, 7) is 6.09. The van der Waals surface area contributed by atoms with Crippen LogP contribution in [0.25, 0.3) is 22.3 Å². The average Bonchev–Trinajstić information content (AvgIpc) is 3.37. The van der Waals surface area contributed by atoms with Gasteiger partial charge in [0, 0.05) is 16.2 Å². The first-order chi connectivity index (χ1) is 14.9. The number of aryl methyl sites for hydroxylation is 1. The van der Waals surface area contributed by atoms with Crippen LogP contribution in [-0.4, -0.2) is 30.9 Å². The molecule has 0 radical (unpaired) electrons. The van der Waals surface area contributed by atoms with Crippen molar-refractivity contribution in [2.75, 3.05) is 0 Å². The smallest absolute Gasteiger partial charge is 0.256 e. The number of thioether (sulfide) groups is 1. The van der Waals surface area contributed by atoms with Crippen LogP contribution < -0.4 is 10.6 Å². The zero-order chi connectivity index (χ0) is 21.6. The van der Waals surface area contributed by atoms with Gasteiger partial charge >= 0.3 is 0 Å². The minimum Gasteiger partial charge on any atom is -0.366 e. The number of hydrogen-bond acceptors (Lipinski definition) is 6. The number of fused-ring (bicyclic) bond motifs is 1. The molecule has 8 heteroatoms. The maximum Gasteiger partial charge on any atom is 0.256 e. The van der Waals surface area contributed by atoms with Gasteiger partial charge in [-0.25, -0.2) is 9.97 Å². The highest BCUT2D eigenvalue weighted by Crippen LogP contribution is 2.45. The number of H-pyrrole nitrogens is 1. The molecule has 0 spiro atoms. The van der Waals surface area contributed by atoms with Crippen molar-refractivity contribution >= 4 is 28.7 Å². The van der Waals surface area contributed by atoms with Crippen LogP contribution in [0.15, 0.2) is 41.3 Å². The molecule has 1 amide bonds. The molecule has 0 bridgehead atoms. The molecule has 0 saturated heterocycles. The van der Waals surface area contributed by atoms with Crippen molar-refractivity contribution in [3.05, 3.63) is 52.5 Å². The molecule has 7 nitrogen and oxygen atoms in total. The maximum atomic E-state index is 13.2. The van der Waals surface area contributed by atoms with Gasteiger partial charge in [0.2, 0.25) is 0 Å². The molecule has 1 aromatic carbocycles. The molecule has 31 heavy (non-hydrogen) atoms. The predicted octanol–water partition coefficient (Wildman–Crippen LogP) is 4.34. The Kier molecular flexibility index (Phi) is 4.97. The number of rotatable bonds is 4. The highest BCUT2D eigenvalue weighted by atomic mass is 32.2. The fourth-order valence-electron chi connectivity index (χ4n) is 4.50. The summed E-state index contributed by atoms with van der Waals surface area (Å²) < 4.78 is 0. The SMILES string of the molecule is Cc1cc(-c2ncnc3[nH]ncc23)ccc1C(C)NC(=O)C1(C)NC2=C(CCCC2)S1. The Bertz CT molecular complexity index is 1180. The Labute approximate surface area is 185 Å². The lowest BCUT2D eigenvalue weighted by Crippen LogP contribution is -2.50. The van der Waals surface area contributed by atoms with Crippen molar-refractivity contribution in [2.24, 2.45) is 0 Å². The lowest BCUT2D eigenvalue weighted by Gasteiger charge is -2.27. The summed E-state index contributed by atoms with van der Waals surface area (Å²) >= 11 is 1.68. The lowest BCUT2D eigenvalue weighted by atomic mass is 9.97. The molecule has 3 N–H and O–H groups in total. The standard InChI is InChI=1S/C23H26N6OS/c1-13-10-15(20-17-11-26-29-21(17)25-12-24-20)8-9-16(13)14(2)27-22(30)23(3)28-18-6-4-5-7-19(18)31-23/h8-12,14,28H,4-7H2,1-3H3,(H,27,30)(H,24,25,26,29). The quantitative estimate of drug-likeness (QED) is 0.565. The first-order valence-electron chi connectivity index (χ1n) is 10.7. The van der Waals surface area contributed by atoms with Crippen LogP contribution in [-0.2, 0) is 4.79 Å². The predicted molar refractivity (Wildman–Crippen MR) is 123 cm³/mol. The normalized spacial score (nSPS) is 21.6. The molecule has 3 aromatic rings. The van der Waals surface area contributed by atoms with Gasteiger partial charge in [-0.05, 0) is 63.6 Å². The molecule has 1 aliphatic carbocycles. The van der Waals surface area contributed by atoms with Gasteiger partial charge in [-0.3, -0.25) is 9.89 Å². The molecule has 2 atom stereocenters. The van der Waals surface area contributed by atoms with Gasteiger partial charge in [0.15, 0.2) is 10.5 Å². The number of carbonyl (C=O) groups excluding carboxylic acids is 1. The molecule has 0 saturated carbocycles. The zero-order valence-electron chi connectivity index (χ0n) is 18.0. The summed E-state index contributed by atoms with van der Waals surface area (Å²) in [5.74, 6) is 0.0267. The Morgan fingerprint density at radius 1 is 1.26 bits per heavy atom. The molecular weight excluding hydrogens is 408 g/mol. The molecule has 0 fully saturated rings. The topological polar surface area (TPSA) is 95.6 Å². The van der Waals surface area contributed by atoms with Gasteiger partial charge in [0.1, 0.15) is 6.33 Å². The number of aromatic amines is 1. The van der Waals surface area contributed by atoms with Gasteiger partial charge in [-0.1, -0.05) is 23.9 Å². The van der Waals surface area contributed by atoms with E-state index in [1.165, 1.54) is 23.4 Å². The van der Waals surface area contributed by atoms with Gasteiger partial charge in [0.25, 0.3) is 5.91 Å². The average molecular weight is 435 g/mol. The molecule has 2 unspecified atom stereocenters.